The Morgan fingerprint density at radius 3 is 2.55 bits per heavy atom. The molecule has 4 rings (SSSR count). The maximum Gasteiger partial charge on any atom is 0.303 e. The molecule has 0 radical (unpaired) electrons. The Morgan fingerprint density at radius 1 is 1.14 bits per heavy atom. The number of hydrogen-bond acceptors (Lipinski definition) is 4. The van der Waals surface area contributed by atoms with Crippen LogP contribution < -0.4 is 0 Å². The van der Waals surface area contributed by atoms with E-state index < -0.39 is 17.5 Å². The third-order valence-corrected chi connectivity index (χ3v) is 10.1. The Labute approximate surface area is 174 Å². The van der Waals surface area contributed by atoms with Crippen LogP contribution in [0.15, 0.2) is 0 Å². The zero-order valence-corrected chi connectivity index (χ0v) is 18.1. The third kappa shape index (κ3) is 3.10. The molecule has 4 aliphatic rings. The van der Waals surface area contributed by atoms with Gasteiger partial charge in [0.05, 0.1) is 6.10 Å². The van der Waals surface area contributed by atoms with Crippen LogP contribution in [0.2, 0.25) is 0 Å². The smallest absolute Gasteiger partial charge is 0.303 e. The molecule has 3 N–H and O–H groups in total. The van der Waals surface area contributed by atoms with Crippen LogP contribution in [0.1, 0.15) is 78.6 Å². The van der Waals surface area contributed by atoms with E-state index in [0.717, 1.165) is 44.9 Å². The van der Waals surface area contributed by atoms with Gasteiger partial charge < -0.3 is 15.3 Å². The first-order valence-corrected chi connectivity index (χ1v) is 11.7. The van der Waals surface area contributed by atoms with Crippen LogP contribution in [0, 0.1) is 46.3 Å². The third-order valence-electron chi connectivity index (χ3n) is 10.1. The largest absolute Gasteiger partial charge is 0.481 e. The van der Waals surface area contributed by atoms with Crippen LogP contribution in [0.5, 0.6) is 0 Å². The highest BCUT2D eigenvalue weighted by molar-refractivity contribution is 5.88. The number of carboxylic acids is 1. The molecular weight excluding hydrogens is 368 g/mol. The minimum atomic E-state index is -0.948. The maximum absolute atomic E-state index is 13.7. The number of aliphatic hydroxyl groups is 2. The minimum Gasteiger partial charge on any atom is -0.481 e. The first-order valence-electron chi connectivity index (χ1n) is 11.7. The normalized spacial score (nSPS) is 50.4. The Morgan fingerprint density at radius 2 is 1.86 bits per heavy atom. The number of aliphatic hydroxyl groups excluding tert-OH is 2. The van der Waals surface area contributed by atoms with Crippen LogP contribution in [-0.2, 0) is 9.59 Å². The van der Waals surface area contributed by atoms with Gasteiger partial charge in [0.1, 0.15) is 6.10 Å². The van der Waals surface area contributed by atoms with E-state index >= 15 is 0 Å². The fourth-order valence-electron chi connectivity index (χ4n) is 8.54. The van der Waals surface area contributed by atoms with Crippen molar-refractivity contribution in [2.75, 3.05) is 0 Å². The number of rotatable bonds is 4. The van der Waals surface area contributed by atoms with Crippen LogP contribution in [0.25, 0.3) is 0 Å². The van der Waals surface area contributed by atoms with E-state index in [2.05, 4.69) is 20.8 Å². The lowest BCUT2D eigenvalue weighted by atomic mass is 9.43. The average molecular weight is 407 g/mol. The minimum absolute atomic E-state index is 0.0367. The molecule has 10 atom stereocenters. The second kappa shape index (κ2) is 7.33. The van der Waals surface area contributed by atoms with E-state index in [0.29, 0.717) is 24.2 Å². The van der Waals surface area contributed by atoms with E-state index in [4.69, 9.17) is 5.11 Å². The molecule has 0 aromatic rings. The second-order valence-corrected chi connectivity index (χ2v) is 11.2. The first kappa shape index (κ1) is 21.3. The molecule has 164 valence electrons. The molecule has 0 spiro atoms. The van der Waals surface area contributed by atoms with Gasteiger partial charge >= 0.3 is 5.97 Å². The van der Waals surface area contributed by atoms with Crippen LogP contribution in [-0.4, -0.2) is 39.3 Å². The van der Waals surface area contributed by atoms with Crippen molar-refractivity contribution in [1.82, 2.24) is 0 Å². The standard InChI is InChI=1S/C24H38O5/c1-13(4-9-19(26)27)17-7-8-18-16-6-5-14-12-15(25)10-11-23(14,2)20(16)21(28)22(29)24(17,18)3/h13-18,20,22,25,29H,4-12H2,1-3H3,(H,26,27)/t13-,14?,15?,16+,17-,18+,20-,22?,23+,24-/m1/s1. The lowest BCUT2D eigenvalue weighted by Crippen LogP contribution is -2.63. The van der Waals surface area contributed by atoms with E-state index in [1.54, 1.807) is 0 Å². The van der Waals surface area contributed by atoms with E-state index in [9.17, 15) is 19.8 Å². The SMILES string of the molecule is C[C@H](CCC(=O)O)[C@H]1CC[C@H]2[C@@H]3CCC4CC(O)CC[C@]4(C)[C@H]3C(=O)C(O)[C@]12C. The number of aliphatic carboxylic acids is 1. The van der Waals surface area contributed by atoms with E-state index in [-0.39, 0.29) is 41.5 Å². The highest BCUT2D eigenvalue weighted by Crippen LogP contribution is 2.67. The Hall–Kier alpha value is -0.940. The fourth-order valence-corrected chi connectivity index (χ4v) is 8.54. The second-order valence-electron chi connectivity index (χ2n) is 11.2. The molecule has 5 nitrogen and oxygen atoms in total. The number of fused-ring (bicyclic) bond motifs is 5. The van der Waals surface area contributed by atoms with Crippen molar-refractivity contribution < 1.29 is 24.9 Å². The maximum atomic E-state index is 13.7. The lowest BCUT2D eigenvalue weighted by Gasteiger charge is -2.61. The molecule has 0 aromatic carbocycles. The van der Waals surface area contributed by atoms with Gasteiger partial charge in [0, 0.05) is 17.8 Å². The van der Waals surface area contributed by atoms with Crippen molar-refractivity contribution in [3.8, 4) is 0 Å². The molecule has 4 fully saturated rings. The molecular formula is C24H38O5. The molecule has 0 bridgehead atoms. The molecule has 0 amide bonds. The molecule has 0 saturated heterocycles. The summed E-state index contributed by atoms with van der Waals surface area (Å²) in [7, 11) is 0. The van der Waals surface area contributed by atoms with Crippen molar-refractivity contribution in [2.45, 2.75) is 90.8 Å². The predicted octanol–water partition coefficient (Wildman–Crippen LogP) is 3.66. The molecule has 29 heavy (non-hydrogen) atoms. The molecule has 0 aliphatic heterocycles. The van der Waals surface area contributed by atoms with Crippen molar-refractivity contribution in [3.63, 3.8) is 0 Å². The van der Waals surface area contributed by atoms with Gasteiger partial charge in [-0.25, -0.2) is 0 Å². The summed E-state index contributed by atoms with van der Waals surface area (Å²) in [6.07, 6.45) is 6.10. The van der Waals surface area contributed by atoms with Crippen LogP contribution >= 0.6 is 0 Å². The first-order chi connectivity index (χ1) is 13.6. The van der Waals surface area contributed by atoms with Gasteiger partial charge in [0.15, 0.2) is 5.78 Å². The van der Waals surface area contributed by atoms with Gasteiger partial charge in [-0.15, -0.1) is 0 Å². The van der Waals surface area contributed by atoms with Crippen molar-refractivity contribution in [1.29, 1.82) is 0 Å². The Balaban J connectivity index is 1.63. The fraction of sp³-hybridized carbons (Fsp3) is 0.917. The van der Waals surface area contributed by atoms with E-state index in [1.165, 1.54) is 0 Å². The van der Waals surface area contributed by atoms with Gasteiger partial charge in [-0.3, -0.25) is 9.59 Å². The zero-order chi connectivity index (χ0) is 21.1. The summed E-state index contributed by atoms with van der Waals surface area (Å²) in [6.45, 7) is 6.46. The summed E-state index contributed by atoms with van der Waals surface area (Å²) >= 11 is 0. The summed E-state index contributed by atoms with van der Waals surface area (Å²) in [6, 6.07) is 0. The van der Waals surface area contributed by atoms with E-state index in [1.807, 2.05) is 0 Å². The number of hydrogen-bond donors (Lipinski definition) is 3. The lowest BCUT2D eigenvalue weighted by molar-refractivity contribution is -0.186. The number of carbonyl (C=O) groups is 2. The van der Waals surface area contributed by atoms with Crippen molar-refractivity contribution >= 4 is 11.8 Å². The van der Waals surface area contributed by atoms with Crippen LogP contribution in [0.3, 0.4) is 0 Å². The molecule has 3 unspecified atom stereocenters. The summed E-state index contributed by atoms with van der Waals surface area (Å²) in [5.41, 5.74) is -0.540. The molecule has 5 heteroatoms. The van der Waals surface area contributed by atoms with Gasteiger partial charge in [0.2, 0.25) is 0 Å². The van der Waals surface area contributed by atoms with Gasteiger partial charge in [-0.2, -0.15) is 0 Å². The highest BCUT2D eigenvalue weighted by atomic mass is 16.4. The number of carboxylic acid groups (broad SMARTS) is 1. The number of carbonyl (C=O) groups excluding carboxylic acids is 1. The Bertz CT molecular complexity index is 676. The summed E-state index contributed by atoms with van der Waals surface area (Å²) in [5, 5.41) is 30.6. The number of Topliss-reactive ketones (excluding diaryl/α,β-unsaturated/α-hetero) is 1. The quantitative estimate of drug-likeness (QED) is 0.662. The van der Waals surface area contributed by atoms with Crippen molar-refractivity contribution in [3.05, 3.63) is 0 Å². The zero-order valence-electron chi connectivity index (χ0n) is 18.1. The molecule has 4 saturated carbocycles. The van der Waals surface area contributed by atoms with Crippen LogP contribution in [0.4, 0.5) is 0 Å². The highest BCUT2D eigenvalue weighted by Gasteiger charge is 2.67. The molecule has 0 heterocycles. The average Bonchev–Trinajstić information content (AvgIpc) is 3.02. The Kier molecular flexibility index (Phi) is 5.39. The van der Waals surface area contributed by atoms with Gasteiger partial charge in [-0.05, 0) is 86.4 Å². The predicted molar refractivity (Wildman–Crippen MR) is 109 cm³/mol. The molecule has 4 aliphatic carbocycles. The van der Waals surface area contributed by atoms with Gasteiger partial charge in [0.25, 0.3) is 0 Å². The number of ketones is 1. The van der Waals surface area contributed by atoms with Crippen molar-refractivity contribution in [2.24, 2.45) is 46.3 Å². The molecule has 0 aromatic heterocycles. The topological polar surface area (TPSA) is 94.8 Å². The monoisotopic (exact) mass is 406 g/mol. The van der Waals surface area contributed by atoms with Gasteiger partial charge in [-0.1, -0.05) is 20.8 Å². The summed E-state index contributed by atoms with van der Waals surface area (Å²) in [5.74, 6) is 0.598. The summed E-state index contributed by atoms with van der Waals surface area (Å²) in [4.78, 5) is 24.7. The summed E-state index contributed by atoms with van der Waals surface area (Å²) < 4.78 is 0.